The zero-order valence-corrected chi connectivity index (χ0v) is 12.3. The van der Waals surface area contributed by atoms with Gasteiger partial charge in [0.05, 0.1) is 13.2 Å². The van der Waals surface area contributed by atoms with Gasteiger partial charge in [0, 0.05) is 13.5 Å². The first-order valence-corrected chi connectivity index (χ1v) is 6.73. The van der Waals surface area contributed by atoms with Gasteiger partial charge in [-0.05, 0) is 31.0 Å². The molecule has 0 aliphatic heterocycles. The van der Waals surface area contributed by atoms with E-state index in [1.807, 2.05) is 31.2 Å². The van der Waals surface area contributed by atoms with Crippen LogP contribution in [0.1, 0.15) is 18.4 Å². The summed E-state index contributed by atoms with van der Waals surface area (Å²) < 4.78 is 10.3. The van der Waals surface area contributed by atoms with E-state index in [2.05, 4.69) is 5.32 Å². The minimum Gasteiger partial charge on any atom is -0.494 e. The standard InChI is InChI=1S/C15H21NO5/c1-11-5-3-6-12(9-11)21-8-4-7-14(17)16-13(10-20-2)15(18)19/h3,5-6,9,13H,4,7-8,10H2,1-2H3,(H,16,17)(H,18,19). The van der Waals surface area contributed by atoms with E-state index < -0.39 is 12.0 Å². The van der Waals surface area contributed by atoms with Crippen LogP contribution in [-0.2, 0) is 14.3 Å². The molecule has 1 aromatic carbocycles. The monoisotopic (exact) mass is 295 g/mol. The molecule has 0 radical (unpaired) electrons. The predicted molar refractivity (Wildman–Crippen MR) is 77.4 cm³/mol. The Balaban J connectivity index is 2.25. The highest BCUT2D eigenvalue weighted by Gasteiger charge is 2.19. The van der Waals surface area contributed by atoms with Crippen LogP contribution in [0, 0.1) is 6.92 Å². The number of aryl methyl sites for hydroxylation is 1. The number of carboxylic acids is 1. The third kappa shape index (κ3) is 6.76. The molecule has 0 aromatic heterocycles. The molecule has 116 valence electrons. The van der Waals surface area contributed by atoms with Crippen molar-refractivity contribution in [3.63, 3.8) is 0 Å². The number of hydrogen-bond acceptors (Lipinski definition) is 4. The fourth-order valence-corrected chi connectivity index (χ4v) is 1.74. The first kappa shape index (κ1) is 17.0. The molecule has 0 bridgehead atoms. The number of ether oxygens (including phenoxy) is 2. The van der Waals surface area contributed by atoms with Gasteiger partial charge in [-0.1, -0.05) is 12.1 Å². The van der Waals surface area contributed by atoms with Gasteiger partial charge in [-0.3, -0.25) is 4.79 Å². The summed E-state index contributed by atoms with van der Waals surface area (Å²) >= 11 is 0. The van der Waals surface area contributed by atoms with Crippen LogP contribution in [0.15, 0.2) is 24.3 Å². The summed E-state index contributed by atoms with van der Waals surface area (Å²) in [6.07, 6.45) is 0.721. The molecule has 1 unspecified atom stereocenters. The topological polar surface area (TPSA) is 84.9 Å². The fraction of sp³-hybridized carbons (Fsp3) is 0.467. The Morgan fingerprint density at radius 1 is 1.38 bits per heavy atom. The Morgan fingerprint density at radius 3 is 2.76 bits per heavy atom. The van der Waals surface area contributed by atoms with Gasteiger partial charge < -0.3 is 19.9 Å². The molecule has 1 amide bonds. The second-order valence-corrected chi connectivity index (χ2v) is 4.68. The third-order valence-electron chi connectivity index (χ3n) is 2.77. The van der Waals surface area contributed by atoms with Crippen LogP contribution in [0.2, 0.25) is 0 Å². The molecule has 0 aliphatic rings. The summed E-state index contributed by atoms with van der Waals surface area (Å²) in [6.45, 7) is 2.32. The van der Waals surface area contributed by atoms with Crippen LogP contribution < -0.4 is 10.1 Å². The first-order valence-electron chi connectivity index (χ1n) is 6.73. The lowest BCUT2D eigenvalue weighted by Crippen LogP contribution is -2.43. The van der Waals surface area contributed by atoms with Gasteiger partial charge in [-0.2, -0.15) is 0 Å². The second kappa shape index (κ2) is 8.97. The second-order valence-electron chi connectivity index (χ2n) is 4.68. The zero-order valence-electron chi connectivity index (χ0n) is 12.3. The molecular weight excluding hydrogens is 274 g/mol. The lowest BCUT2D eigenvalue weighted by Gasteiger charge is -2.13. The van der Waals surface area contributed by atoms with Crippen LogP contribution >= 0.6 is 0 Å². The Morgan fingerprint density at radius 2 is 2.14 bits per heavy atom. The number of nitrogens with one attached hydrogen (secondary N) is 1. The number of methoxy groups -OCH3 is 1. The summed E-state index contributed by atoms with van der Waals surface area (Å²) in [5.74, 6) is -0.674. The molecule has 21 heavy (non-hydrogen) atoms. The van der Waals surface area contributed by atoms with E-state index in [-0.39, 0.29) is 18.9 Å². The van der Waals surface area contributed by atoms with Crippen molar-refractivity contribution in [2.45, 2.75) is 25.8 Å². The van der Waals surface area contributed by atoms with Crippen LogP contribution in [0.5, 0.6) is 5.75 Å². The van der Waals surface area contributed by atoms with Crippen molar-refractivity contribution in [1.29, 1.82) is 0 Å². The zero-order chi connectivity index (χ0) is 15.7. The minimum atomic E-state index is -1.11. The molecule has 0 spiro atoms. The number of carbonyl (C=O) groups is 2. The van der Waals surface area contributed by atoms with E-state index in [0.717, 1.165) is 11.3 Å². The lowest BCUT2D eigenvalue weighted by molar-refractivity contribution is -0.143. The van der Waals surface area contributed by atoms with E-state index in [0.29, 0.717) is 13.0 Å². The number of carbonyl (C=O) groups excluding carboxylic acids is 1. The van der Waals surface area contributed by atoms with Crippen molar-refractivity contribution >= 4 is 11.9 Å². The largest absolute Gasteiger partial charge is 0.494 e. The molecule has 0 aliphatic carbocycles. The number of carboxylic acid groups (broad SMARTS) is 1. The van der Waals surface area contributed by atoms with Crippen molar-refractivity contribution < 1.29 is 24.2 Å². The number of hydrogen-bond donors (Lipinski definition) is 2. The van der Waals surface area contributed by atoms with Crippen molar-refractivity contribution in [1.82, 2.24) is 5.32 Å². The van der Waals surface area contributed by atoms with Crippen LogP contribution in [-0.4, -0.2) is 43.3 Å². The maximum absolute atomic E-state index is 11.6. The van der Waals surface area contributed by atoms with Crippen LogP contribution in [0.3, 0.4) is 0 Å². The van der Waals surface area contributed by atoms with Crippen molar-refractivity contribution in [2.75, 3.05) is 20.3 Å². The highest BCUT2D eigenvalue weighted by atomic mass is 16.5. The van der Waals surface area contributed by atoms with Crippen LogP contribution in [0.25, 0.3) is 0 Å². The number of aliphatic carboxylic acids is 1. The maximum atomic E-state index is 11.6. The van der Waals surface area contributed by atoms with Crippen molar-refractivity contribution in [3.8, 4) is 5.75 Å². The van der Waals surface area contributed by atoms with E-state index in [4.69, 9.17) is 14.6 Å². The summed E-state index contributed by atoms with van der Waals surface area (Å²) in [6, 6.07) is 6.63. The number of rotatable bonds is 9. The predicted octanol–water partition coefficient (Wildman–Crippen LogP) is 1.37. The average Bonchev–Trinajstić information content (AvgIpc) is 2.43. The van der Waals surface area contributed by atoms with Gasteiger partial charge in [0.2, 0.25) is 5.91 Å². The minimum absolute atomic E-state index is 0.0547. The van der Waals surface area contributed by atoms with E-state index in [9.17, 15) is 9.59 Å². The van der Waals surface area contributed by atoms with E-state index in [1.54, 1.807) is 0 Å². The molecule has 1 atom stereocenters. The maximum Gasteiger partial charge on any atom is 0.328 e. The van der Waals surface area contributed by atoms with Gasteiger partial charge >= 0.3 is 5.97 Å². The van der Waals surface area contributed by atoms with Gasteiger partial charge in [-0.25, -0.2) is 4.79 Å². The Labute approximate surface area is 124 Å². The molecule has 6 heteroatoms. The molecule has 1 rings (SSSR count). The molecular formula is C15H21NO5. The highest BCUT2D eigenvalue weighted by molar-refractivity contribution is 5.83. The summed E-state index contributed by atoms with van der Waals surface area (Å²) in [5.41, 5.74) is 1.11. The van der Waals surface area contributed by atoms with Crippen LogP contribution in [0.4, 0.5) is 0 Å². The molecule has 0 saturated carbocycles. The average molecular weight is 295 g/mol. The summed E-state index contributed by atoms with van der Waals surface area (Å²) in [5, 5.41) is 11.3. The quantitative estimate of drug-likeness (QED) is 0.672. The highest BCUT2D eigenvalue weighted by Crippen LogP contribution is 2.12. The Bertz CT molecular complexity index is 475. The van der Waals surface area contributed by atoms with Crippen molar-refractivity contribution in [2.24, 2.45) is 0 Å². The third-order valence-corrected chi connectivity index (χ3v) is 2.77. The lowest BCUT2D eigenvalue weighted by atomic mass is 10.2. The van der Waals surface area contributed by atoms with E-state index in [1.165, 1.54) is 7.11 Å². The van der Waals surface area contributed by atoms with Gasteiger partial charge in [0.1, 0.15) is 5.75 Å². The summed E-state index contributed by atoms with van der Waals surface area (Å²) in [7, 11) is 1.39. The van der Waals surface area contributed by atoms with Gasteiger partial charge in [0.15, 0.2) is 6.04 Å². The smallest absolute Gasteiger partial charge is 0.328 e. The van der Waals surface area contributed by atoms with Crippen molar-refractivity contribution in [3.05, 3.63) is 29.8 Å². The first-order chi connectivity index (χ1) is 10.0. The molecule has 0 saturated heterocycles. The normalized spacial score (nSPS) is 11.7. The fourth-order valence-electron chi connectivity index (χ4n) is 1.74. The number of amides is 1. The molecule has 0 fully saturated rings. The Hall–Kier alpha value is -2.08. The number of benzene rings is 1. The Kier molecular flexibility index (Phi) is 7.25. The molecule has 2 N–H and O–H groups in total. The SMILES string of the molecule is COCC(NC(=O)CCCOc1cccc(C)c1)C(=O)O. The van der Waals surface area contributed by atoms with Gasteiger partial charge in [0.25, 0.3) is 0 Å². The molecule has 1 aromatic rings. The summed E-state index contributed by atoms with van der Waals surface area (Å²) in [4.78, 5) is 22.5. The molecule has 0 heterocycles. The van der Waals surface area contributed by atoms with E-state index >= 15 is 0 Å². The molecule has 6 nitrogen and oxygen atoms in total. The van der Waals surface area contributed by atoms with Gasteiger partial charge in [-0.15, -0.1) is 0 Å².